The summed E-state index contributed by atoms with van der Waals surface area (Å²) in [6, 6.07) is 89.6. The quantitative estimate of drug-likeness (QED) is 0.152. The van der Waals surface area contributed by atoms with Gasteiger partial charge in [-0.2, -0.15) is 0 Å². The number of fused-ring (bicyclic) bond motifs is 13. The van der Waals surface area contributed by atoms with Gasteiger partial charge in [0.2, 0.25) is 0 Å². The second kappa shape index (κ2) is 20.6. The van der Waals surface area contributed by atoms with Crippen molar-refractivity contribution in [3.63, 3.8) is 0 Å². The number of anilines is 6. The molecule has 6 heteroatoms. The van der Waals surface area contributed by atoms with Crippen LogP contribution in [0.15, 0.2) is 251 Å². The third-order valence-electron chi connectivity index (χ3n) is 19.2. The maximum absolute atomic E-state index is 7.00. The first kappa shape index (κ1) is 56.9. The van der Waals surface area contributed by atoms with Crippen LogP contribution < -0.4 is 9.80 Å². The molecule has 6 nitrogen and oxygen atoms in total. The lowest BCUT2D eigenvalue weighted by molar-refractivity contribution is 0.567. The fourth-order valence-corrected chi connectivity index (χ4v) is 14.2. The van der Waals surface area contributed by atoms with Gasteiger partial charge in [0.05, 0.1) is 33.4 Å². The van der Waals surface area contributed by atoms with Crippen molar-refractivity contribution in [3.05, 3.63) is 265 Å². The number of nitrogens with zero attached hydrogens (tertiary/aromatic N) is 4. The number of hydrogen-bond donors (Lipinski definition) is 0. The largest absolute Gasteiger partial charge is 0.456 e. The molecule has 16 aromatic rings. The maximum atomic E-state index is 7.00. The van der Waals surface area contributed by atoms with Crippen LogP contribution in [0.5, 0.6) is 0 Å². The van der Waals surface area contributed by atoms with Crippen LogP contribution in [-0.4, -0.2) is 9.13 Å². The van der Waals surface area contributed by atoms with Gasteiger partial charge in [0.25, 0.3) is 0 Å². The lowest BCUT2D eigenvalue weighted by atomic mass is 9.80. The Morgan fingerprint density at radius 1 is 0.261 bits per heavy atom. The summed E-state index contributed by atoms with van der Waals surface area (Å²) in [6.45, 7) is 27.8. The Kier molecular flexibility index (Phi) is 12.7. The molecule has 0 aliphatic carbocycles. The van der Waals surface area contributed by atoms with Gasteiger partial charge in [-0.05, 0) is 176 Å². The molecule has 0 bridgehead atoms. The topological polar surface area (TPSA) is 42.6 Å². The minimum atomic E-state index is -0.0565. The van der Waals surface area contributed by atoms with Gasteiger partial charge in [0.15, 0.2) is 0 Å². The van der Waals surface area contributed by atoms with Crippen LogP contribution in [0, 0.1) is 0 Å². The number of furan rings is 2. The van der Waals surface area contributed by atoms with Crippen molar-refractivity contribution in [1.29, 1.82) is 0 Å². The maximum Gasteiger partial charge on any atom is 0.137 e. The van der Waals surface area contributed by atoms with Crippen molar-refractivity contribution in [2.75, 3.05) is 9.80 Å². The number of para-hydroxylation sites is 6. The van der Waals surface area contributed by atoms with Crippen molar-refractivity contribution >= 4 is 132 Å². The van der Waals surface area contributed by atoms with Gasteiger partial charge in [-0.15, -0.1) is 0 Å². The molecule has 12 aromatic carbocycles. The van der Waals surface area contributed by atoms with E-state index in [9.17, 15) is 0 Å². The van der Waals surface area contributed by atoms with E-state index >= 15 is 0 Å². The number of rotatable bonds is 8. The van der Waals surface area contributed by atoms with E-state index in [2.05, 4.69) is 345 Å². The number of benzene rings is 12. The van der Waals surface area contributed by atoms with Gasteiger partial charge in [-0.25, -0.2) is 0 Å². The van der Waals surface area contributed by atoms with Crippen molar-refractivity contribution in [2.24, 2.45) is 0 Å². The molecule has 0 fully saturated rings. The van der Waals surface area contributed by atoms with Crippen LogP contribution in [0.1, 0.15) is 105 Å². The summed E-state index contributed by atoms with van der Waals surface area (Å²) in [4.78, 5) is 4.80. The van der Waals surface area contributed by atoms with Crippen LogP contribution in [0.25, 0.3) is 110 Å². The zero-order valence-corrected chi connectivity index (χ0v) is 54.7. The first-order valence-electron chi connectivity index (χ1n) is 32.5. The van der Waals surface area contributed by atoms with Crippen molar-refractivity contribution in [2.45, 2.75) is 105 Å². The highest BCUT2D eigenvalue weighted by Crippen LogP contribution is 2.49. The van der Waals surface area contributed by atoms with E-state index in [0.29, 0.717) is 0 Å². The van der Waals surface area contributed by atoms with E-state index in [-0.39, 0.29) is 21.7 Å². The predicted octanol–water partition coefficient (Wildman–Crippen LogP) is 25.0. The summed E-state index contributed by atoms with van der Waals surface area (Å²) < 4.78 is 19.0. The molecule has 0 amide bonds. The van der Waals surface area contributed by atoms with Gasteiger partial charge in [-0.3, -0.25) is 0 Å². The third kappa shape index (κ3) is 9.36. The lowest BCUT2D eigenvalue weighted by Gasteiger charge is -2.28. The lowest BCUT2D eigenvalue weighted by Crippen LogP contribution is -2.17. The van der Waals surface area contributed by atoms with Crippen LogP contribution in [-0.2, 0) is 21.7 Å². The fourth-order valence-electron chi connectivity index (χ4n) is 14.2. The van der Waals surface area contributed by atoms with Gasteiger partial charge >= 0.3 is 0 Å². The molecule has 0 saturated carbocycles. The molecule has 0 aliphatic heterocycles. The predicted molar refractivity (Wildman–Crippen MR) is 391 cm³/mol. The Hall–Kier alpha value is -10.3. The Morgan fingerprint density at radius 2 is 0.598 bits per heavy atom. The molecule has 0 spiro atoms. The highest BCUT2D eigenvalue weighted by Gasteiger charge is 2.29. The average Bonchev–Trinajstić information content (AvgIpc) is 1.57. The van der Waals surface area contributed by atoms with Crippen LogP contribution in [0.4, 0.5) is 34.1 Å². The molecule has 4 heterocycles. The standard InChI is InChI=1S/C86H76N4O2/c1-83(2,3)55-45-56(84(4,5)6)48-63(47-55)89-73-33-21-19-29-65(73)69-31-23-35-75(81(69)89)87(59-25-15-13-16-26-59)61-37-39-67-71-41-53-42-72-68-40-38-62(52-80(68)92-78(72)44-54(53)43-77(71)91-79(67)51-61)88(60-27-17-14-18-28-60)76-36-24-32-70-66-30-20-22-34-74(66)90(82(70)76)64-49-57(85(7,8)9)46-58(50-64)86(10,11)12/h13-52H,1-12H3. The molecule has 92 heavy (non-hydrogen) atoms. The molecule has 0 atom stereocenters. The molecule has 16 rings (SSSR count). The highest BCUT2D eigenvalue weighted by molar-refractivity contribution is 6.18. The number of hydrogen-bond acceptors (Lipinski definition) is 4. The van der Waals surface area contributed by atoms with E-state index in [0.717, 1.165) is 111 Å². The third-order valence-corrected chi connectivity index (χ3v) is 19.2. The molecule has 452 valence electrons. The normalized spacial score (nSPS) is 12.8. The summed E-state index contributed by atoms with van der Waals surface area (Å²) >= 11 is 0. The van der Waals surface area contributed by atoms with Gasteiger partial charge in [0, 0.05) is 89.3 Å². The van der Waals surface area contributed by atoms with Crippen LogP contribution >= 0.6 is 0 Å². The minimum Gasteiger partial charge on any atom is -0.456 e. The van der Waals surface area contributed by atoms with Crippen molar-refractivity contribution in [1.82, 2.24) is 9.13 Å². The molecule has 4 aromatic heterocycles. The zero-order chi connectivity index (χ0) is 63.3. The van der Waals surface area contributed by atoms with Gasteiger partial charge < -0.3 is 27.8 Å². The Balaban J connectivity index is 0.822. The molecule has 0 unspecified atom stereocenters. The minimum absolute atomic E-state index is 0.0565. The first-order valence-corrected chi connectivity index (χ1v) is 32.5. The first-order chi connectivity index (χ1) is 44.1. The van der Waals surface area contributed by atoms with Gasteiger partial charge in [-0.1, -0.05) is 192 Å². The molecule has 0 N–H and O–H groups in total. The zero-order valence-electron chi connectivity index (χ0n) is 54.7. The average molecular weight is 1200 g/mol. The second-order valence-corrected chi connectivity index (χ2v) is 29.5. The molecular weight excluding hydrogens is 1120 g/mol. The van der Waals surface area contributed by atoms with E-state index in [1.807, 2.05) is 0 Å². The van der Waals surface area contributed by atoms with E-state index in [1.54, 1.807) is 0 Å². The molecule has 0 saturated heterocycles. The summed E-state index contributed by atoms with van der Waals surface area (Å²) in [7, 11) is 0. The van der Waals surface area contributed by atoms with Crippen molar-refractivity contribution in [3.8, 4) is 11.4 Å². The van der Waals surface area contributed by atoms with Crippen molar-refractivity contribution < 1.29 is 8.83 Å². The second-order valence-electron chi connectivity index (χ2n) is 29.5. The van der Waals surface area contributed by atoms with Crippen LogP contribution in [0.3, 0.4) is 0 Å². The Labute approximate surface area is 538 Å². The van der Waals surface area contributed by atoms with E-state index in [4.69, 9.17) is 8.83 Å². The fraction of sp³-hybridized carbons (Fsp3) is 0.186. The molecular formula is C86H76N4O2. The Morgan fingerprint density at radius 3 is 0.978 bits per heavy atom. The smallest absolute Gasteiger partial charge is 0.137 e. The SMILES string of the molecule is CC(C)(C)c1cc(-n2c3ccccc3c3cccc(N(c4ccccc4)c4ccc5c(c4)oc4cc6cc7oc8cc(N(c9ccccc9)c9cccc%10c%11ccccc%11n(-c%11cc(C(C)(C)C)cc(C(C)(C)C)c%11)c9%10)ccc8c7cc6cc45)c32)cc(C(C)(C)C)c1. The highest BCUT2D eigenvalue weighted by atomic mass is 16.3. The molecule has 0 aliphatic rings. The summed E-state index contributed by atoms with van der Waals surface area (Å²) in [5.74, 6) is 0. The van der Waals surface area contributed by atoms with E-state index < -0.39 is 0 Å². The summed E-state index contributed by atoms with van der Waals surface area (Å²) in [6.07, 6.45) is 0. The monoisotopic (exact) mass is 1200 g/mol. The van der Waals surface area contributed by atoms with Crippen LogP contribution in [0.2, 0.25) is 0 Å². The van der Waals surface area contributed by atoms with Gasteiger partial charge in [0.1, 0.15) is 22.3 Å². The Bertz CT molecular complexity index is 5220. The summed E-state index contributed by atoms with van der Waals surface area (Å²) in [5.41, 5.74) is 21.5. The van der Waals surface area contributed by atoms with E-state index in [1.165, 1.54) is 54.8 Å². The molecule has 0 radical (unpaired) electrons. The number of aromatic nitrogens is 2. The summed E-state index contributed by atoms with van der Waals surface area (Å²) in [5, 5.41) is 11.3.